The van der Waals surface area contributed by atoms with Crippen LogP contribution in [0.4, 0.5) is 9.59 Å². The van der Waals surface area contributed by atoms with E-state index in [0.29, 0.717) is 13.0 Å². The van der Waals surface area contributed by atoms with E-state index >= 15 is 0 Å². The predicted octanol–water partition coefficient (Wildman–Crippen LogP) is 4.19. The second-order valence-corrected chi connectivity index (χ2v) is 8.72. The Kier molecular flexibility index (Phi) is 9.11. The molecule has 1 fully saturated rings. The number of esters is 1. The normalized spacial score (nSPS) is 16.8. The fraction of sp³-hybridized carbons (Fsp3) is 0.542. The summed E-state index contributed by atoms with van der Waals surface area (Å²) in [5.41, 5.74) is 0.421. The van der Waals surface area contributed by atoms with Crippen LogP contribution >= 0.6 is 0 Å². The summed E-state index contributed by atoms with van der Waals surface area (Å²) in [5.74, 6) is -0.528. The second-order valence-electron chi connectivity index (χ2n) is 8.72. The van der Waals surface area contributed by atoms with Crippen LogP contribution in [0.2, 0.25) is 0 Å². The minimum absolute atomic E-state index is 0.130. The number of hydrogen-bond donors (Lipinski definition) is 1. The zero-order valence-corrected chi connectivity index (χ0v) is 19.4. The Bertz CT molecular complexity index is 802. The van der Waals surface area contributed by atoms with Crippen LogP contribution in [-0.2, 0) is 25.6 Å². The molecule has 2 rings (SSSR count). The van der Waals surface area contributed by atoms with Crippen LogP contribution in [0.3, 0.4) is 0 Å². The Balaban J connectivity index is 2.11. The van der Waals surface area contributed by atoms with Gasteiger partial charge in [0.05, 0.1) is 18.7 Å². The van der Waals surface area contributed by atoms with Crippen molar-refractivity contribution in [2.24, 2.45) is 0 Å². The monoisotopic (exact) mass is 446 g/mol. The van der Waals surface area contributed by atoms with Gasteiger partial charge in [0.2, 0.25) is 0 Å². The van der Waals surface area contributed by atoms with Gasteiger partial charge in [-0.2, -0.15) is 0 Å². The van der Waals surface area contributed by atoms with Crippen LogP contribution in [0.25, 0.3) is 0 Å². The molecule has 8 nitrogen and oxygen atoms in total. The number of ether oxygens (including phenoxy) is 3. The lowest BCUT2D eigenvalue weighted by Crippen LogP contribution is -2.52. The second kappa shape index (κ2) is 11.5. The van der Waals surface area contributed by atoms with E-state index in [0.717, 1.165) is 12.0 Å². The first-order valence-electron chi connectivity index (χ1n) is 10.9. The molecule has 8 heteroatoms. The minimum Gasteiger partial charge on any atom is -0.463 e. The molecule has 1 N–H and O–H groups in total. The zero-order chi connectivity index (χ0) is 23.7. The molecule has 0 spiro atoms. The third kappa shape index (κ3) is 7.90. The summed E-state index contributed by atoms with van der Waals surface area (Å²) in [6.45, 7) is 11.7. The average molecular weight is 447 g/mol. The molecule has 1 aromatic carbocycles. The van der Waals surface area contributed by atoms with Gasteiger partial charge in [-0.15, -0.1) is 0 Å². The third-order valence-corrected chi connectivity index (χ3v) is 4.94. The molecule has 0 unspecified atom stereocenters. The number of nitrogens with one attached hydrogen (secondary N) is 1. The molecule has 32 heavy (non-hydrogen) atoms. The van der Waals surface area contributed by atoms with Crippen LogP contribution in [0, 0.1) is 0 Å². The molecule has 176 valence electrons. The molecule has 1 aliphatic heterocycles. The summed E-state index contributed by atoms with van der Waals surface area (Å²) in [7, 11) is 0. The first kappa shape index (κ1) is 25.2. The van der Waals surface area contributed by atoms with Crippen molar-refractivity contribution in [1.29, 1.82) is 0 Å². The van der Waals surface area contributed by atoms with Gasteiger partial charge in [-0.25, -0.2) is 14.4 Å². The summed E-state index contributed by atoms with van der Waals surface area (Å²) >= 11 is 0. The molecule has 2 amide bonds. The molecule has 0 aliphatic carbocycles. The van der Waals surface area contributed by atoms with Crippen molar-refractivity contribution in [3.05, 3.63) is 48.0 Å². The number of alkyl carbamates (subject to hydrolysis) is 1. The van der Waals surface area contributed by atoms with Gasteiger partial charge in [-0.3, -0.25) is 0 Å². The van der Waals surface area contributed by atoms with Crippen LogP contribution in [0.15, 0.2) is 42.5 Å². The maximum absolute atomic E-state index is 12.8. The molecule has 0 aromatic heterocycles. The first-order valence-corrected chi connectivity index (χ1v) is 10.9. The highest BCUT2D eigenvalue weighted by Gasteiger charge is 2.38. The largest absolute Gasteiger partial charge is 0.463 e. The average Bonchev–Trinajstić information content (AvgIpc) is 3.21. The third-order valence-electron chi connectivity index (χ3n) is 4.94. The van der Waals surface area contributed by atoms with Crippen molar-refractivity contribution in [1.82, 2.24) is 10.2 Å². The van der Waals surface area contributed by atoms with Gasteiger partial charge < -0.3 is 24.4 Å². The number of carbonyl (C=O) groups excluding carboxylic acids is 3. The van der Waals surface area contributed by atoms with E-state index in [1.165, 1.54) is 0 Å². The van der Waals surface area contributed by atoms with Crippen molar-refractivity contribution >= 4 is 18.2 Å². The smallest absolute Gasteiger partial charge is 0.410 e. The van der Waals surface area contributed by atoms with Gasteiger partial charge in [-0.05, 0) is 46.1 Å². The van der Waals surface area contributed by atoms with Gasteiger partial charge in [0.25, 0.3) is 0 Å². The Labute approximate surface area is 189 Å². The number of likely N-dealkylation sites (tertiary alicyclic amines) is 1. The van der Waals surface area contributed by atoms with Gasteiger partial charge in [0, 0.05) is 18.5 Å². The van der Waals surface area contributed by atoms with Crippen LogP contribution in [-0.4, -0.2) is 53.9 Å². The molecule has 1 aliphatic rings. The number of rotatable bonds is 8. The molecular formula is C24H34N2O6. The predicted molar refractivity (Wildman–Crippen MR) is 120 cm³/mol. The highest BCUT2D eigenvalue weighted by molar-refractivity contribution is 5.88. The summed E-state index contributed by atoms with van der Waals surface area (Å²) < 4.78 is 15.9. The Morgan fingerprint density at radius 1 is 1.19 bits per heavy atom. The van der Waals surface area contributed by atoms with Crippen molar-refractivity contribution < 1.29 is 28.6 Å². The first-order chi connectivity index (χ1) is 15.1. The summed E-state index contributed by atoms with van der Waals surface area (Å²) in [4.78, 5) is 39.0. The Morgan fingerprint density at radius 3 is 2.50 bits per heavy atom. The van der Waals surface area contributed by atoms with Crippen molar-refractivity contribution in [2.45, 2.75) is 71.2 Å². The Hall–Kier alpha value is -3.03. The van der Waals surface area contributed by atoms with Gasteiger partial charge in [0.15, 0.2) is 0 Å². The number of benzene rings is 1. The van der Waals surface area contributed by atoms with Crippen molar-refractivity contribution in [2.75, 3.05) is 13.2 Å². The number of nitrogens with zero attached hydrogens (tertiary/aromatic N) is 1. The quantitative estimate of drug-likeness (QED) is 0.366. The number of amides is 2. The van der Waals surface area contributed by atoms with E-state index in [4.69, 9.17) is 14.2 Å². The van der Waals surface area contributed by atoms with Gasteiger partial charge in [0.1, 0.15) is 12.2 Å². The zero-order valence-electron chi connectivity index (χ0n) is 19.4. The maximum Gasteiger partial charge on any atom is 0.410 e. The topological polar surface area (TPSA) is 94.2 Å². The molecule has 0 saturated carbocycles. The molecule has 0 radical (unpaired) electrons. The van der Waals surface area contributed by atoms with Crippen molar-refractivity contribution in [3.63, 3.8) is 0 Å². The highest BCUT2D eigenvalue weighted by Crippen LogP contribution is 2.25. The molecule has 1 heterocycles. The maximum atomic E-state index is 12.8. The lowest BCUT2D eigenvalue weighted by molar-refractivity contribution is -0.138. The van der Waals surface area contributed by atoms with E-state index in [2.05, 4.69) is 11.9 Å². The fourth-order valence-electron chi connectivity index (χ4n) is 3.56. The van der Waals surface area contributed by atoms with Crippen LogP contribution < -0.4 is 5.32 Å². The fourth-order valence-corrected chi connectivity index (χ4v) is 3.56. The summed E-state index contributed by atoms with van der Waals surface area (Å²) in [5, 5.41) is 2.82. The molecule has 1 aromatic rings. The SMILES string of the molecule is C=C(C[C@@H](NC(=O)OC(C)(C)C)[C@@H]1CCCN1C(=O)OCc1ccccc1)C(=O)OCC. The van der Waals surface area contributed by atoms with Crippen LogP contribution in [0.1, 0.15) is 52.5 Å². The van der Waals surface area contributed by atoms with E-state index in [1.54, 1.807) is 32.6 Å². The summed E-state index contributed by atoms with van der Waals surface area (Å²) in [6.07, 6.45) is 0.448. The van der Waals surface area contributed by atoms with E-state index < -0.39 is 29.8 Å². The van der Waals surface area contributed by atoms with E-state index in [1.807, 2.05) is 30.3 Å². The molecule has 2 atom stereocenters. The summed E-state index contributed by atoms with van der Waals surface area (Å²) in [6, 6.07) is 8.47. The standard InChI is InChI=1S/C24H34N2O6/c1-6-30-21(27)17(2)15-19(25-22(28)32-24(3,4)5)20-13-10-14-26(20)23(29)31-16-18-11-8-7-9-12-18/h7-9,11-12,19-20H,2,6,10,13-16H2,1,3-5H3,(H,25,28)/t19-,20+/m1/s1. The minimum atomic E-state index is -0.684. The molecular weight excluding hydrogens is 412 g/mol. The lowest BCUT2D eigenvalue weighted by atomic mass is 9.98. The van der Waals surface area contributed by atoms with Crippen LogP contribution in [0.5, 0.6) is 0 Å². The van der Waals surface area contributed by atoms with Gasteiger partial charge >= 0.3 is 18.2 Å². The number of hydrogen-bond acceptors (Lipinski definition) is 6. The van der Waals surface area contributed by atoms with Gasteiger partial charge in [-0.1, -0.05) is 36.9 Å². The van der Waals surface area contributed by atoms with Crippen molar-refractivity contribution in [3.8, 4) is 0 Å². The number of carbonyl (C=O) groups is 3. The lowest BCUT2D eigenvalue weighted by Gasteiger charge is -2.32. The van der Waals surface area contributed by atoms with E-state index in [-0.39, 0.29) is 31.2 Å². The highest BCUT2D eigenvalue weighted by atomic mass is 16.6. The van der Waals surface area contributed by atoms with E-state index in [9.17, 15) is 14.4 Å². The molecule has 1 saturated heterocycles. The molecule has 0 bridgehead atoms. The Morgan fingerprint density at radius 2 is 1.88 bits per heavy atom.